The highest BCUT2D eigenvalue weighted by molar-refractivity contribution is 5.28. The predicted octanol–water partition coefficient (Wildman–Crippen LogP) is 2.25. The number of piperidine rings is 1. The van der Waals surface area contributed by atoms with Crippen LogP contribution in [0.4, 0.5) is 0 Å². The van der Waals surface area contributed by atoms with E-state index in [0.29, 0.717) is 13.2 Å². The lowest BCUT2D eigenvalue weighted by Gasteiger charge is -2.31. The Kier molecular flexibility index (Phi) is 3.73. The summed E-state index contributed by atoms with van der Waals surface area (Å²) in [7, 11) is 0. The highest BCUT2D eigenvalue weighted by Gasteiger charge is 2.42. The van der Waals surface area contributed by atoms with Gasteiger partial charge in [-0.1, -0.05) is 12.1 Å². The molecule has 2 heterocycles. The van der Waals surface area contributed by atoms with Gasteiger partial charge in [-0.2, -0.15) is 0 Å². The average Bonchev–Trinajstić information content (AvgIpc) is 2.85. The topological polar surface area (TPSA) is 39.7 Å². The molecule has 2 saturated heterocycles. The smallest absolute Gasteiger partial charge is 0.184 e. The Labute approximate surface area is 114 Å². The summed E-state index contributed by atoms with van der Waals surface area (Å²) in [6.45, 7) is 5.40. The van der Waals surface area contributed by atoms with Gasteiger partial charge in [-0.25, -0.2) is 0 Å². The molecular formula is C15H21NO3. The SMILES string of the molecule is CCOc1ccc(C2OCC3(CCNCC3)O2)cc1. The molecule has 0 saturated carbocycles. The maximum absolute atomic E-state index is 6.17. The first-order chi connectivity index (χ1) is 9.31. The molecule has 2 aliphatic heterocycles. The van der Waals surface area contributed by atoms with E-state index in [1.54, 1.807) is 0 Å². The zero-order valence-corrected chi connectivity index (χ0v) is 11.4. The van der Waals surface area contributed by atoms with Crippen LogP contribution in [-0.4, -0.2) is 31.9 Å². The maximum atomic E-state index is 6.17. The molecule has 1 atom stereocenters. The molecule has 1 N–H and O–H groups in total. The van der Waals surface area contributed by atoms with Gasteiger partial charge in [-0.15, -0.1) is 0 Å². The Bertz CT molecular complexity index is 412. The Morgan fingerprint density at radius 2 is 2.00 bits per heavy atom. The highest BCUT2D eigenvalue weighted by atomic mass is 16.7. The van der Waals surface area contributed by atoms with Gasteiger partial charge in [0, 0.05) is 5.56 Å². The number of nitrogens with one attached hydrogen (secondary N) is 1. The minimum atomic E-state index is -0.228. The monoisotopic (exact) mass is 263 g/mol. The predicted molar refractivity (Wildman–Crippen MR) is 72.2 cm³/mol. The van der Waals surface area contributed by atoms with Crippen LogP contribution in [0.5, 0.6) is 5.75 Å². The fraction of sp³-hybridized carbons (Fsp3) is 0.600. The summed E-state index contributed by atoms with van der Waals surface area (Å²) in [6.07, 6.45) is 1.83. The first kappa shape index (κ1) is 12.9. The third kappa shape index (κ3) is 2.76. The van der Waals surface area contributed by atoms with Gasteiger partial charge >= 0.3 is 0 Å². The number of ether oxygens (including phenoxy) is 3. The molecule has 1 spiro atoms. The van der Waals surface area contributed by atoms with Crippen molar-refractivity contribution in [3.63, 3.8) is 0 Å². The zero-order valence-electron chi connectivity index (χ0n) is 11.4. The second-order valence-corrected chi connectivity index (χ2v) is 5.20. The van der Waals surface area contributed by atoms with Crippen LogP contribution in [-0.2, 0) is 9.47 Å². The summed E-state index contributed by atoms with van der Waals surface area (Å²) in [4.78, 5) is 0. The molecule has 19 heavy (non-hydrogen) atoms. The highest BCUT2D eigenvalue weighted by Crippen LogP contribution is 2.38. The molecule has 1 aromatic rings. The molecule has 2 fully saturated rings. The summed E-state index contributed by atoms with van der Waals surface area (Å²) in [5.41, 5.74) is 0.993. The van der Waals surface area contributed by atoms with Crippen LogP contribution in [0.1, 0.15) is 31.6 Å². The van der Waals surface area contributed by atoms with Crippen molar-refractivity contribution in [2.75, 3.05) is 26.3 Å². The summed E-state index contributed by atoms with van der Waals surface area (Å²) in [5, 5.41) is 3.36. The van der Waals surface area contributed by atoms with Crippen LogP contribution >= 0.6 is 0 Å². The first-order valence-corrected chi connectivity index (χ1v) is 7.04. The van der Waals surface area contributed by atoms with Gasteiger partial charge in [-0.3, -0.25) is 0 Å². The average molecular weight is 263 g/mol. The third-order valence-corrected chi connectivity index (χ3v) is 3.83. The van der Waals surface area contributed by atoms with Crippen LogP contribution in [0.25, 0.3) is 0 Å². The molecular weight excluding hydrogens is 242 g/mol. The fourth-order valence-electron chi connectivity index (χ4n) is 2.72. The molecule has 3 rings (SSSR count). The van der Waals surface area contributed by atoms with Gasteiger partial charge < -0.3 is 19.5 Å². The Morgan fingerprint density at radius 3 is 2.68 bits per heavy atom. The van der Waals surface area contributed by atoms with Gasteiger partial charge in [0.25, 0.3) is 0 Å². The molecule has 1 unspecified atom stereocenters. The fourth-order valence-corrected chi connectivity index (χ4v) is 2.72. The van der Waals surface area contributed by atoms with Crippen LogP contribution in [0.2, 0.25) is 0 Å². The van der Waals surface area contributed by atoms with Crippen molar-refractivity contribution in [2.45, 2.75) is 31.7 Å². The van der Waals surface area contributed by atoms with Crippen molar-refractivity contribution in [2.24, 2.45) is 0 Å². The van der Waals surface area contributed by atoms with Gasteiger partial charge in [0.15, 0.2) is 6.29 Å². The molecule has 104 valence electrons. The molecule has 0 aliphatic carbocycles. The number of rotatable bonds is 3. The van der Waals surface area contributed by atoms with Crippen LogP contribution < -0.4 is 10.1 Å². The van der Waals surface area contributed by atoms with Gasteiger partial charge in [0.1, 0.15) is 5.75 Å². The number of hydrogen-bond acceptors (Lipinski definition) is 4. The summed E-state index contributed by atoms with van der Waals surface area (Å²) >= 11 is 0. The number of hydrogen-bond donors (Lipinski definition) is 1. The van der Waals surface area contributed by atoms with E-state index in [9.17, 15) is 0 Å². The van der Waals surface area contributed by atoms with Crippen LogP contribution in [0.3, 0.4) is 0 Å². The van der Waals surface area contributed by atoms with E-state index < -0.39 is 0 Å². The Hall–Kier alpha value is -1.10. The second-order valence-electron chi connectivity index (χ2n) is 5.20. The van der Waals surface area contributed by atoms with Crippen molar-refractivity contribution < 1.29 is 14.2 Å². The van der Waals surface area contributed by atoms with Gasteiger partial charge in [0.05, 0.1) is 18.8 Å². The lowest BCUT2D eigenvalue weighted by molar-refractivity contribution is -0.101. The lowest BCUT2D eigenvalue weighted by Crippen LogP contribution is -2.43. The van der Waals surface area contributed by atoms with Crippen molar-refractivity contribution >= 4 is 0 Å². The molecule has 1 aromatic carbocycles. The summed E-state index contributed by atoms with van der Waals surface area (Å²) < 4.78 is 17.5. The quantitative estimate of drug-likeness (QED) is 0.908. The van der Waals surface area contributed by atoms with E-state index in [1.807, 2.05) is 31.2 Å². The van der Waals surface area contributed by atoms with Crippen LogP contribution in [0.15, 0.2) is 24.3 Å². The van der Waals surface area contributed by atoms with Crippen molar-refractivity contribution in [3.05, 3.63) is 29.8 Å². The number of benzene rings is 1. The molecule has 4 heteroatoms. The zero-order chi connectivity index (χ0) is 13.1. The Morgan fingerprint density at radius 1 is 1.26 bits per heavy atom. The second kappa shape index (κ2) is 5.49. The molecule has 4 nitrogen and oxygen atoms in total. The molecule has 0 aromatic heterocycles. The Balaban J connectivity index is 1.66. The van der Waals surface area contributed by atoms with Crippen molar-refractivity contribution in [1.82, 2.24) is 5.32 Å². The maximum Gasteiger partial charge on any atom is 0.184 e. The van der Waals surface area contributed by atoms with E-state index in [0.717, 1.165) is 37.2 Å². The standard InChI is InChI=1S/C15H21NO3/c1-2-17-13-5-3-12(4-6-13)14-18-11-15(19-14)7-9-16-10-8-15/h3-6,14,16H,2,7-11H2,1H3. The van der Waals surface area contributed by atoms with E-state index in [2.05, 4.69) is 5.32 Å². The molecule has 0 bridgehead atoms. The summed E-state index contributed by atoms with van der Waals surface area (Å²) in [6, 6.07) is 7.99. The van der Waals surface area contributed by atoms with E-state index in [-0.39, 0.29) is 11.9 Å². The van der Waals surface area contributed by atoms with Crippen molar-refractivity contribution in [3.8, 4) is 5.75 Å². The van der Waals surface area contributed by atoms with Crippen molar-refractivity contribution in [1.29, 1.82) is 0 Å². The first-order valence-electron chi connectivity index (χ1n) is 7.04. The lowest BCUT2D eigenvalue weighted by atomic mass is 9.94. The minimum Gasteiger partial charge on any atom is -0.494 e. The molecule has 0 amide bonds. The van der Waals surface area contributed by atoms with Crippen LogP contribution in [0, 0.1) is 0 Å². The molecule has 2 aliphatic rings. The van der Waals surface area contributed by atoms with Gasteiger partial charge in [0.2, 0.25) is 0 Å². The van der Waals surface area contributed by atoms with Gasteiger partial charge in [-0.05, 0) is 45.0 Å². The van der Waals surface area contributed by atoms with E-state index >= 15 is 0 Å². The van der Waals surface area contributed by atoms with E-state index in [4.69, 9.17) is 14.2 Å². The van der Waals surface area contributed by atoms with E-state index in [1.165, 1.54) is 0 Å². The minimum absolute atomic E-state index is 0.0749. The largest absolute Gasteiger partial charge is 0.494 e. The molecule has 0 radical (unpaired) electrons. The normalized spacial score (nSPS) is 25.6. The third-order valence-electron chi connectivity index (χ3n) is 3.83. The summed E-state index contributed by atoms with van der Waals surface area (Å²) in [5.74, 6) is 0.890.